The molecule has 3 rings (SSSR count). The third kappa shape index (κ3) is 2.51. The van der Waals surface area contributed by atoms with E-state index < -0.39 is 5.97 Å². The van der Waals surface area contributed by atoms with Crippen LogP contribution in [0.1, 0.15) is 47.7 Å². The molecule has 0 radical (unpaired) electrons. The Morgan fingerprint density at radius 2 is 2.16 bits per heavy atom. The molecule has 0 saturated heterocycles. The Kier molecular flexibility index (Phi) is 3.29. The second-order valence-electron chi connectivity index (χ2n) is 4.79. The number of carboxylic acids is 1. The van der Waals surface area contributed by atoms with Crippen molar-refractivity contribution in [2.24, 2.45) is 0 Å². The zero-order valence-corrected chi connectivity index (χ0v) is 11.2. The van der Waals surface area contributed by atoms with Crippen molar-refractivity contribution in [1.29, 1.82) is 0 Å². The highest BCUT2D eigenvalue weighted by atomic mass is 32.1. The molecule has 1 fully saturated rings. The van der Waals surface area contributed by atoms with Crippen LogP contribution in [-0.2, 0) is 0 Å². The molecular formula is C14H14N2O2S. The Balaban J connectivity index is 1.89. The Hall–Kier alpha value is -1.75. The number of hydrogen-bond donors (Lipinski definition) is 1. The first-order chi connectivity index (χ1) is 9.24. The molecule has 0 spiro atoms. The fourth-order valence-electron chi connectivity index (χ4n) is 2.49. The number of carbonyl (C=O) groups is 1. The van der Waals surface area contributed by atoms with Crippen LogP contribution in [0.25, 0.3) is 10.7 Å². The maximum atomic E-state index is 11.0. The van der Waals surface area contributed by atoms with E-state index in [1.54, 1.807) is 17.4 Å². The van der Waals surface area contributed by atoms with Gasteiger partial charge in [-0.3, -0.25) is 4.98 Å². The first-order valence-electron chi connectivity index (χ1n) is 6.39. The molecule has 4 nitrogen and oxygen atoms in total. The molecule has 2 heterocycles. The first-order valence-corrected chi connectivity index (χ1v) is 7.27. The summed E-state index contributed by atoms with van der Waals surface area (Å²) >= 11 is 1.54. The molecule has 2 aromatic heterocycles. The van der Waals surface area contributed by atoms with Crippen LogP contribution in [0.3, 0.4) is 0 Å². The minimum atomic E-state index is -0.934. The van der Waals surface area contributed by atoms with Crippen molar-refractivity contribution in [1.82, 2.24) is 9.97 Å². The van der Waals surface area contributed by atoms with Gasteiger partial charge in [0.25, 0.3) is 0 Å². The molecule has 0 aliphatic heterocycles. The molecule has 1 N–H and O–H groups in total. The van der Waals surface area contributed by atoms with Crippen LogP contribution in [0, 0.1) is 0 Å². The predicted molar refractivity (Wildman–Crippen MR) is 73.5 cm³/mol. The number of nitrogens with zero attached hydrogens (tertiary/aromatic N) is 2. The van der Waals surface area contributed by atoms with Crippen LogP contribution >= 0.6 is 11.3 Å². The second kappa shape index (κ2) is 5.09. The molecule has 1 aliphatic rings. The van der Waals surface area contributed by atoms with E-state index in [2.05, 4.69) is 15.3 Å². The van der Waals surface area contributed by atoms with Crippen molar-refractivity contribution in [3.63, 3.8) is 0 Å². The molecule has 0 aromatic carbocycles. The average molecular weight is 274 g/mol. The minimum absolute atomic E-state index is 0.252. The van der Waals surface area contributed by atoms with Crippen molar-refractivity contribution >= 4 is 17.3 Å². The zero-order valence-electron chi connectivity index (χ0n) is 10.4. The number of aromatic carboxylic acids is 1. The second-order valence-corrected chi connectivity index (χ2v) is 5.65. The Bertz CT molecular complexity index is 603. The lowest BCUT2D eigenvalue weighted by Crippen LogP contribution is -1.97. The van der Waals surface area contributed by atoms with Crippen molar-refractivity contribution in [2.45, 2.75) is 31.6 Å². The van der Waals surface area contributed by atoms with Crippen LogP contribution in [0.5, 0.6) is 0 Å². The summed E-state index contributed by atoms with van der Waals surface area (Å²) in [4.78, 5) is 19.8. The number of aromatic nitrogens is 2. The van der Waals surface area contributed by atoms with Gasteiger partial charge in [-0.25, -0.2) is 9.78 Å². The van der Waals surface area contributed by atoms with Gasteiger partial charge in [0.15, 0.2) is 0 Å². The SMILES string of the molecule is O=C(O)c1ccnc(-c2nc(C3CCCC3)cs2)c1. The summed E-state index contributed by atoms with van der Waals surface area (Å²) in [7, 11) is 0. The summed E-state index contributed by atoms with van der Waals surface area (Å²) < 4.78 is 0. The molecule has 2 aromatic rings. The molecule has 0 unspecified atom stereocenters. The number of carboxylic acid groups (broad SMARTS) is 1. The number of pyridine rings is 1. The van der Waals surface area contributed by atoms with E-state index in [1.165, 1.54) is 37.9 Å². The smallest absolute Gasteiger partial charge is 0.335 e. The normalized spacial score (nSPS) is 15.8. The van der Waals surface area contributed by atoms with Gasteiger partial charge < -0.3 is 5.11 Å². The van der Waals surface area contributed by atoms with Crippen LogP contribution < -0.4 is 0 Å². The molecule has 1 saturated carbocycles. The van der Waals surface area contributed by atoms with Crippen LogP contribution in [0.4, 0.5) is 0 Å². The summed E-state index contributed by atoms with van der Waals surface area (Å²) in [5.41, 5.74) is 2.04. The highest BCUT2D eigenvalue weighted by Crippen LogP contribution is 2.36. The van der Waals surface area contributed by atoms with Crippen molar-refractivity contribution in [3.8, 4) is 10.7 Å². The summed E-state index contributed by atoms with van der Waals surface area (Å²) in [5.74, 6) is -0.358. The van der Waals surface area contributed by atoms with Crippen LogP contribution in [0.15, 0.2) is 23.7 Å². The van der Waals surface area contributed by atoms with Gasteiger partial charge in [-0.1, -0.05) is 12.8 Å². The standard InChI is InChI=1S/C14H14N2O2S/c17-14(18)10-5-6-15-11(7-10)13-16-12(8-19-13)9-3-1-2-4-9/h5-9H,1-4H2,(H,17,18). The van der Waals surface area contributed by atoms with Gasteiger partial charge in [0.05, 0.1) is 17.0 Å². The van der Waals surface area contributed by atoms with Crippen molar-refractivity contribution in [3.05, 3.63) is 35.0 Å². The van der Waals surface area contributed by atoms with Crippen molar-refractivity contribution in [2.75, 3.05) is 0 Å². The predicted octanol–water partition coefficient (Wildman–Crippen LogP) is 3.56. The lowest BCUT2D eigenvalue weighted by Gasteiger charge is -2.03. The maximum absolute atomic E-state index is 11.0. The molecular weight excluding hydrogens is 260 g/mol. The van der Waals surface area contributed by atoms with Crippen LogP contribution in [-0.4, -0.2) is 21.0 Å². The Morgan fingerprint density at radius 1 is 1.37 bits per heavy atom. The van der Waals surface area contributed by atoms with Crippen LogP contribution in [0.2, 0.25) is 0 Å². The lowest BCUT2D eigenvalue weighted by atomic mass is 10.1. The van der Waals surface area contributed by atoms with E-state index in [1.807, 2.05) is 0 Å². The lowest BCUT2D eigenvalue weighted by molar-refractivity contribution is 0.0697. The topological polar surface area (TPSA) is 63.1 Å². The fraction of sp³-hybridized carbons (Fsp3) is 0.357. The summed E-state index contributed by atoms with van der Waals surface area (Å²) in [6.45, 7) is 0. The van der Waals surface area contributed by atoms with Crippen molar-refractivity contribution < 1.29 is 9.90 Å². The molecule has 0 amide bonds. The van der Waals surface area contributed by atoms with Gasteiger partial charge in [-0.15, -0.1) is 11.3 Å². The van der Waals surface area contributed by atoms with E-state index in [4.69, 9.17) is 5.11 Å². The minimum Gasteiger partial charge on any atom is -0.478 e. The molecule has 98 valence electrons. The first kappa shape index (κ1) is 12.3. The summed E-state index contributed by atoms with van der Waals surface area (Å²) in [5, 5.41) is 11.9. The van der Waals surface area contributed by atoms with E-state index in [0.29, 0.717) is 11.6 Å². The molecule has 19 heavy (non-hydrogen) atoms. The number of rotatable bonds is 3. The van der Waals surface area contributed by atoms with Gasteiger partial charge in [-0.2, -0.15) is 0 Å². The molecule has 0 atom stereocenters. The Labute approximate surface area is 115 Å². The third-order valence-electron chi connectivity index (χ3n) is 3.52. The van der Waals surface area contributed by atoms with E-state index >= 15 is 0 Å². The van der Waals surface area contributed by atoms with E-state index in [-0.39, 0.29) is 5.56 Å². The van der Waals surface area contributed by atoms with Gasteiger partial charge in [0.2, 0.25) is 0 Å². The average Bonchev–Trinajstić information content (AvgIpc) is 3.09. The largest absolute Gasteiger partial charge is 0.478 e. The number of hydrogen-bond acceptors (Lipinski definition) is 4. The summed E-state index contributed by atoms with van der Waals surface area (Å²) in [6, 6.07) is 3.08. The van der Waals surface area contributed by atoms with E-state index in [0.717, 1.165) is 10.7 Å². The monoisotopic (exact) mass is 274 g/mol. The van der Waals surface area contributed by atoms with Gasteiger partial charge in [0, 0.05) is 17.5 Å². The highest BCUT2D eigenvalue weighted by Gasteiger charge is 2.20. The molecule has 0 bridgehead atoms. The maximum Gasteiger partial charge on any atom is 0.335 e. The highest BCUT2D eigenvalue weighted by molar-refractivity contribution is 7.13. The third-order valence-corrected chi connectivity index (χ3v) is 4.40. The Morgan fingerprint density at radius 3 is 2.89 bits per heavy atom. The van der Waals surface area contributed by atoms with Gasteiger partial charge in [0.1, 0.15) is 5.01 Å². The van der Waals surface area contributed by atoms with E-state index in [9.17, 15) is 4.79 Å². The fourth-order valence-corrected chi connectivity index (χ4v) is 3.36. The quantitative estimate of drug-likeness (QED) is 0.929. The van der Waals surface area contributed by atoms with Gasteiger partial charge in [-0.05, 0) is 25.0 Å². The summed E-state index contributed by atoms with van der Waals surface area (Å²) in [6.07, 6.45) is 6.52. The zero-order chi connectivity index (χ0) is 13.2. The van der Waals surface area contributed by atoms with Gasteiger partial charge >= 0.3 is 5.97 Å². The molecule has 5 heteroatoms. The molecule has 1 aliphatic carbocycles. The number of thiazole rings is 1.